The van der Waals surface area contributed by atoms with Gasteiger partial charge in [0.1, 0.15) is 18.8 Å². The molecule has 0 saturated carbocycles. The van der Waals surface area contributed by atoms with Crippen molar-refractivity contribution in [3.05, 3.63) is 90.1 Å². The highest BCUT2D eigenvalue weighted by Crippen LogP contribution is 2.28. The second kappa shape index (κ2) is 14.4. The van der Waals surface area contributed by atoms with Gasteiger partial charge in [-0.05, 0) is 36.6 Å². The summed E-state index contributed by atoms with van der Waals surface area (Å²) in [5.74, 6) is 2.34. The molecule has 1 aliphatic heterocycles. The molecule has 2 aromatic heterocycles. The molecule has 2 amide bonds. The van der Waals surface area contributed by atoms with Gasteiger partial charge in [0, 0.05) is 56.8 Å². The lowest BCUT2D eigenvalue weighted by Gasteiger charge is -2.41. The van der Waals surface area contributed by atoms with E-state index in [2.05, 4.69) is 20.2 Å². The van der Waals surface area contributed by atoms with E-state index in [1.807, 2.05) is 61.5 Å². The highest BCUT2D eigenvalue weighted by molar-refractivity contribution is 5.77. The fourth-order valence-corrected chi connectivity index (χ4v) is 5.15. The summed E-state index contributed by atoms with van der Waals surface area (Å²) in [5.41, 5.74) is 2.70. The number of nitrogens with one attached hydrogen (secondary N) is 1. The standard InChI is InChI=1S/C32H37N7O5/c1-23-17-29(36-31(35-23)38-14-13-33-22-38)39-16-15-37(32(41)44-21-25-7-5-4-6-8-25)20-26(39)19-30(40)34-12-11-24-9-10-27(42-2)28(18-24)43-3/h4-10,13-14,17-18,22,26H,11-12,15-16,19-21H2,1-3H3,(H,34,40). The molecule has 230 valence electrons. The molecule has 1 fully saturated rings. The van der Waals surface area contributed by atoms with E-state index in [0.717, 1.165) is 16.8 Å². The second-order valence-corrected chi connectivity index (χ2v) is 10.5. The van der Waals surface area contributed by atoms with Crippen LogP contribution in [0.25, 0.3) is 5.95 Å². The van der Waals surface area contributed by atoms with Crippen molar-refractivity contribution in [2.75, 3.05) is 45.3 Å². The van der Waals surface area contributed by atoms with Gasteiger partial charge in [-0.25, -0.2) is 14.8 Å². The first kappa shape index (κ1) is 30.3. The molecule has 5 rings (SSSR count). The van der Waals surface area contributed by atoms with Crippen LogP contribution in [0.2, 0.25) is 0 Å². The summed E-state index contributed by atoms with van der Waals surface area (Å²) in [6.45, 7) is 3.74. The average molecular weight is 600 g/mol. The molecule has 12 heteroatoms. The quantitative estimate of drug-likeness (QED) is 0.276. The Morgan fingerprint density at radius 3 is 2.55 bits per heavy atom. The number of hydrogen-bond donors (Lipinski definition) is 1. The molecule has 0 aliphatic carbocycles. The van der Waals surface area contributed by atoms with Gasteiger partial charge in [0.2, 0.25) is 11.9 Å². The molecule has 44 heavy (non-hydrogen) atoms. The maximum atomic E-state index is 13.2. The first-order chi connectivity index (χ1) is 21.4. The van der Waals surface area contributed by atoms with Crippen molar-refractivity contribution < 1.29 is 23.8 Å². The number of carbonyl (C=O) groups excluding carboxylic acids is 2. The van der Waals surface area contributed by atoms with Gasteiger partial charge in [-0.15, -0.1) is 0 Å². The van der Waals surface area contributed by atoms with E-state index in [9.17, 15) is 9.59 Å². The summed E-state index contributed by atoms with van der Waals surface area (Å²) in [6.07, 6.45) is 5.46. The maximum Gasteiger partial charge on any atom is 0.410 e. The molecular weight excluding hydrogens is 562 g/mol. The SMILES string of the molecule is COc1ccc(CCNC(=O)CC2CN(C(=O)OCc3ccccc3)CCN2c2cc(C)nc(-n3ccnc3)n2)cc1OC. The normalized spacial score (nSPS) is 14.7. The maximum absolute atomic E-state index is 13.2. The van der Waals surface area contributed by atoms with Gasteiger partial charge in [0.25, 0.3) is 0 Å². The summed E-state index contributed by atoms with van der Waals surface area (Å²) in [6, 6.07) is 16.8. The van der Waals surface area contributed by atoms with Crippen LogP contribution in [-0.4, -0.2) is 82.9 Å². The van der Waals surface area contributed by atoms with Gasteiger partial charge in [0.15, 0.2) is 11.5 Å². The highest BCUT2D eigenvalue weighted by Gasteiger charge is 2.33. The van der Waals surface area contributed by atoms with E-state index in [-0.39, 0.29) is 25.0 Å². The molecule has 12 nitrogen and oxygen atoms in total. The van der Waals surface area contributed by atoms with E-state index >= 15 is 0 Å². The molecule has 1 N–H and O–H groups in total. The molecule has 1 aliphatic rings. The first-order valence-electron chi connectivity index (χ1n) is 14.5. The molecule has 4 aromatic rings. The predicted octanol–water partition coefficient (Wildman–Crippen LogP) is 3.56. The van der Waals surface area contributed by atoms with Crippen molar-refractivity contribution in [3.63, 3.8) is 0 Å². The smallest absolute Gasteiger partial charge is 0.410 e. The van der Waals surface area contributed by atoms with E-state index in [1.54, 1.807) is 42.4 Å². The molecule has 0 spiro atoms. The summed E-state index contributed by atoms with van der Waals surface area (Å²) in [7, 11) is 3.19. The van der Waals surface area contributed by atoms with E-state index in [4.69, 9.17) is 19.2 Å². The topological polar surface area (TPSA) is 124 Å². The number of methoxy groups -OCH3 is 2. The lowest BCUT2D eigenvalue weighted by Crippen LogP contribution is -2.56. The Morgan fingerprint density at radius 2 is 1.80 bits per heavy atom. The molecule has 0 radical (unpaired) electrons. The number of piperazine rings is 1. The Hall–Kier alpha value is -5.13. The van der Waals surface area contributed by atoms with Gasteiger partial charge < -0.3 is 29.3 Å². The Balaban J connectivity index is 1.28. The van der Waals surface area contributed by atoms with Crippen molar-refractivity contribution in [2.24, 2.45) is 0 Å². The summed E-state index contributed by atoms with van der Waals surface area (Å²) in [4.78, 5) is 43.5. The summed E-state index contributed by atoms with van der Waals surface area (Å²) < 4.78 is 18.1. The van der Waals surface area contributed by atoms with Crippen LogP contribution in [0.3, 0.4) is 0 Å². The highest BCUT2D eigenvalue weighted by atomic mass is 16.6. The Kier molecular flexibility index (Phi) is 9.90. The van der Waals surface area contributed by atoms with Gasteiger partial charge in [-0.3, -0.25) is 9.36 Å². The van der Waals surface area contributed by atoms with Crippen LogP contribution < -0.4 is 19.7 Å². The fraction of sp³-hybridized carbons (Fsp3) is 0.344. The van der Waals surface area contributed by atoms with Crippen molar-refractivity contribution in [2.45, 2.75) is 32.4 Å². The predicted molar refractivity (Wildman–Crippen MR) is 164 cm³/mol. The average Bonchev–Trinajstić information content (AvgIpc) is 3.59. The Bertz CT molecular complexity index is 1550. The molecule has 3 heterocycles. The number of amides is 2. The minimum atomic E-state index is -0.412. The number of ether oxygens (including phenoxy) is 3. The number of hydrogen-bond acceptors (Lipinski definition) is 9. The van der Waals surface area contributed by atoms with E-state index in [0.29, 0.717) is 55.9 Å². The Labute approximate surface area is 256 Å². The number of benzene rings is 2. The van der Waals surface area contributed by atoms with Gasteiger partial charge >= 0.3 is 6.09 Å². The van der Waals surface area contributed by atoms with Crippen LogP contribution in [0.4, 0.5) is 10.6 Å². The van der Waals surface area contributed by atoms with Crippen LogP contribution in [0.1, 0.15) is 23.2 Å². The fourth-order valence-electron chi connectivity index (χ4n) is 5.15. The van der Waals surface area contributed by atoms with Gasteiger partial charge in [-0.1, -0.05) is 36.4 Å². The summed E-state index contributed by atoms with van der Waals surface area (Å²) >= 11 is 0. The van der Waals surface area contributed by atoms with Crippen LogP contribution >= 0.6 is 0 Å². The third kappa shape index (κ3) is 7.63. The number of aromatic nitrogens is 4. The first-order valence-corrected chi connectivity index (χ1v) is 14.5. The van der Waals surface area contributed by atoms with Crippen molar-refractivity contribution in [1.29, 1.82) is 0 Å². The van der Waals surface area contributed by atoms with Crippen LogP contribution in [0, 0.1) is 6.92 Å². The number of anilines is 1. The number of carbonyl (C=O) groups is 2. The third-order valence-electron chi connectivity index (χ3n) is 7.41. The zero-order chi connectivity index (χ0) is 30.9. The molecule has 0 bridgehead atoms. The zero-order valence-electron chi connectivity index (χ0n) is 25.2. The Morgan fingerprint density at radius 1 is 0.977 bits per heavy atom. The minimum absolute atomic E-state index is 0.124. The monoisotopic (exact) mass is 599 g/mol. The number of nitrogens with zero attached hydrogens (tertiary/aromatic N) is 6. The largest absolute Gasteiger partial charge is 0.493 e. The van der Waals surface area contributed by atoms with Crippen molar-refractivity contribution >= 4 is 17.8 Å². The number of rotatable bonds is 11. The van der Waals surface area contributed by atoms with E-state index < -0.39 is 6.09 Å². The van der Waals surface area contributed by atoms with Crippen LogP contribution in [0.15, 0.2) is 73.3 Å². The molecule has 2 aromatic carbocycles. The zero-order valence-corrected chi connectivity index (χ0v) is 25.2. The second-order valence-electron chi connectivity index (χ2n) is 10.5. The third-order valence-corrected chi connectivity index (χ3v) is 7.41. The molecule has 1 atom stereocenters. The minimum Gasteiger partial charge on any atom is -0.493 e. The van der Waals surface area contributed by atoms with Crippen molar-refractivity contribution in [3.8, 4) is 17.4 Å². The lowest BCUT2D eigenvalue weighted by molar-refractivity contribution is -0.121. The number of imidazole rings is 1. The van der Waals surface area contributed by atoms with Gasteiger partial charge in [-0.2, -0.15) is 4.98 Å². The van der Waals surface area contributed by atoms with E-state index in [1.165, 1.54) is 0 Å². The number of aryl methyl sites for hydroxylation is 1. The molecular formula is C32H37N7O5. The van der Waals surface area contributed by atoms with Gasteiger partial charge in [0.05, 0.1) is 20.3 Å². The van der Waals surface area contributed by atoms with Crippen molar-refractivity contribution in [1.82, 2.24) is 29.7 Å². The lowest BCUT2D eigenvalue weighted by atomic mass is 10.1. The molecule has 1 saturated heterocycles. The van der Waals surface area contributed by atoms with Crippen LogP contribution in [-0.2, 0) is 22.6 Å². The molecule has 1 unspecified atom stereocenters. The van der Waals surface area contributed by atoms with Crippen LogP contribution in [0.5, 0.6) is 11.5 Å². The summed E-state index contributed by atoms with van der Waals surface area (Å²) in [5, 5.41) is 3.03.